The third kappa shape index (κ3) is 3.51. The maximum Gasteiger partial charge on any atom is 0.193 e. The van der Waals surface area contributed by atoms with Crippen molar-refractivity contribution in [3.63, 3.8) is 0 Å². The molecule has 0 unspecified atom stereocenters. The van der Waals surface area contributed by atoms with E-state index in [-0.39, 0.29) is 0 Å². The van der Waals surface area contributed by atoms with Crippen LogP contribution < -0.4 is 5.32 Å². The van der Waals surface area contributed by atoms with Gasteiger partial charge in [0.05, 0.1) is 11.6 Å². The lowest BCUT2D eigenvalue weighted by Gasteiger charge is -2.23. The molecule has 4 nitrogen and oxygen atoms in total. The Morgan fingerprint density at radius 3 is 2.60 bits per heavy atom. The second-order valence-corrected chi connectivity index (χ2v) is 6.05. The van der Waals surface area contributed by atoms with Gasteiger partial charge in [-0.1, -0.05) is 26.0 Å². The number of likely N-dealkylation sites (tertiary alicyclic amines) is 1. The van der Waals surface area contributed by atoms with E-state index in [1.165, 1.54) is 6.42 Å². The Labute approximate surface area is 121 Å². The Morgan fingerprint density at radius 1 is 1.40 bits per heavy atom. The van der Waals surface area contributed by atoms with Crippen LogP contribution in [0.1, 0.15) is 31.4 Å². The maximum atomic E-state index is 8.79. The standard InChI is InChI=1S/C16H22N4/c1-16(2)8-9-20(12-16)15(18-3)19-11-14-6-4-13(10-17)5-7-14/h4-7H,8-9,11-12H2,1-3H3,(H,18,19). The molecule has 4 heteroatoms. The van der Waals surface area contributed by atoms with E-state index in [9.17, 15) is 0 Å². The van der Waals surface area contributed by atoms with Gasteiger partial charge in [0.15, 0.2) is 5.96 Å². The molecule has 1 heterocycles. The first kappa shape index (κ1) is 14.4. The van der Waals surface area contributed by atoms with Crippen LogP contribution in [0.5, 0.6) is 0 Å². The lowest BCUT2D eigenvalue weighted by molar-refractivity contribution is 0.370. The molecule has 1 fully saturated rings. The van der Waals surface area contributed by atoms with E-state index in [1.807, 2.05) is 31.3 Å². The summed E-state index contributed by atoms with van der Waals surface area (Å²) in [6, 6.07) is 9.78. The molecule has 1 saturated heterocycles. The molecule has 0 saturated carbocycles. The SMILES string of the molecule is CN=C(NCc1ccc(C#N)cc1)N1CCC(C)(C)C1. The summed E-state index contributed by atoms with van der Waals surface area (Å²) in [6.07, 6.45) is 1.20. The van der Waals surface area contributed by atoms with Crippen LogP contribution in [0.15, 0.2) is 29.3 Å². The van der Waals surface area contributed by atoms with Gasteiger partial charge in [0.1, 0.15) is 0 Å². The molecule has 0 aromatic heterocycles. The number of hydrogen-bond donors (Lipinski definition) is 1. The summed E-state index contributed by atoms with van der Waals surface area (Å²) < 4.78 is 0. The highest BCUT2D eigenvalue weighted by atomic mass is 15.3. The Bertz CT molecular complexity index is 522. The third-order valence-corrected chi connectivity index (χ3v) is 3.72. The van der Waals surface area contributed by atoms with Crippen molar-refractivity contribution in [2.75, 3.05) is 20.1 Å². The number of aliphatic imine (C=N–C) groups is 1. The van der Waals surface area contributed by atoms with Crippen molar-refractivity contribution < 1.29 is 0 Å². The first-order valence-corrected chi connectivity index (χ1v) is 6.99. The zero-order chi connectivity index (χ0) is 14.6. The summed E-state index contributed by atoms with van der Waals surface area (Å²) in [4.78, 5) is 6.67. The van der Waals surface area contributed by atoms with Gasteiger partial charge in [0.2, 0.25) is 0 Å². The molecule has 1 N–H and O–H groups in total. The van der Waals surface area contributed by atoms with Gasteiger partial charge in [-0.25, -0.2) is 0 Å². The number of nitriles is 1. The van der Waals surface area contributed by atoms with Crippen molar-refractivity contribution in [1.82, 2.24) is 10.2 Å². The van der Waals surface area contributed by atoms with E-state index in [4.69, 9.17) is 5.26 Å². The minimum atomic E-state index is 0.367. The van der Waals surface area contributed by atoms with E-state index in [2.05, 4.69) is 35.1 Å². The third-order valence-electron chi connectivity index (χ3n) is 3.72. The molecule has 0 amide bonds. The molecule has 20 heavy (non-hydrogen) atoms. The van der Waals surface area contributed by atoms with Crippen LogP contribution in [-0.2, 0) is 6.54 Å². The Kier molecular flexibility index (Phi) is 4.29. The van der Waals surface area contributed by atoms with Gasteiger partial charge in [0, 0.05) is 26.7 Å². The van der Waals surface area contributed by atoms with E-state index < -0.39 is 0 Å². The molecule has 0 spiro atoms. The molecule has 1 aromatic rings. The second-order valence-electron chi connectivity index (χ2n) is 6.05. The van der Waals surface area contributed by atoms with Crippen LogP contribution in [0.2, 0.25) is 0 Å². The normalized spacial score (nSPS) is 17.9. The molecule has 1 aliphatic heterocycles. The van der Waals surface area contributed by atoms with E-state index >= 15 is 0 Å². The fourth-order valence-corrected chi connectivity index (χ4v) is 2.50. The molecule has 0 bridgehead atoms. The molecule has 1 aliphatic rings. The van der Waals surface area contributed by atoms with Crippen LogP contribution in [0, 0.1) is 16.7 Å². The van der Waals surface area contributed by atoms with Gasteiger partial charge in [0.25, 0.3) is 0 Å². The van der Waals surface area contributed by atoms with Crippen molar-refractivity contribution in [1.29, 1.82) is 5.26 Å². The summed E-state index contributed by atoms with van der Waals surface area (Å²) in [5.41, 5.74) is 2.22. The summed E-state index contributed by atoms with van der Waals surface area (Å²) in [6.45, 7) is 7.41. The number of rotatable bonds is 2. The zero-order valence-electron chi connectivity index (χ0n) is 12.5. The van der Waals surface area contributed by atoms with Gasteiger partial charge in [-0.05, 0) is 29.5 Å². The minimum Gasteiger partial charge on any atom is -0.352 e. The van der Waals surface area contributed by atoms with Gasteiger partial charge in [-0.2, -0.15) is 5.26 Å². The average Bonchev–Trinajstić information content (AvgIpc) is 2.80. The van der Waals surface area contributed by atoms with Crippen LogP contribution in [0.4, 0.5) is 0 Å². The van der Waals surface area contributed by atoms with Gasteiger partial charge in [-0.15, -0.1) is 0 Å². The largest absolute Gasteiger partial charge is 0.352 e. The fourth-order valence-electron chi connectivity index (χ4n) is 2.50. The van der Waals surface area contributed by atoms with Crippen molar-refractivity contribution in [3.8, 4) is 6.07 Å². The molecule has 0 radical (unpaired) electrons. The minimum absolute atomic E-state index is 0.367. The van der Waals surface area contributed by atoms with Gasteiger partial charge in [-0.3, -0.25) is 4.99 Å². The van der Waals surface area contributed by atoms with E-state index in [0.717, 1.165) is 31.2 Å². The van der Waals surface area contributed by atoms with Crippen LogP contribution in [0.25, 0.3) is 0 Å². The highest BCUT2D eigenvalue weighted by Gasteiger charge is 2.30. The Hall–Kier alpha value is -2.02. The summed E-state index contributed by atoms with van der Waals surface area (Å²) in [5.74, 6) is 0.958. The number of nitrogens with one attached hydrogen (secondary N) is 1. The quantitative estimate of drug-likeness (QED) is 0.663. The average molecular weight is 270 g/mol. The summed E-state index contributed by atoms with van der Waals surface area (Å²) >= 11 is 0. The van der Waals surface area contributed by atoms with Crippen molar-refractivity contribution in [3.05, 3.63) is 35.4 Å². The van der Waals surface area contributed by atoms with E-state index in [0.29, 0.717) is 11.0 Å². The lowest BCUT2D eigenvalue weighted by atomic mass is 9.93. The number of nitrogens with zero attached hydrogens (tertiary/aromatic N) is 3. The highest BCUT2D eigenvalue weighted by molar-refractivity contribution is 5.80. The predicted octanol–water partition coefficient (Wildman–Crippen LogP) is 2.37. The highest BCUT2D eigenvalue weighted by Crippen LogP contribution is 2.28. The van der Waals surface area contributed by atoms with E-state index in [1.54, 1.807) is 0 Å². The molecule has 106 valence electrons. The second kappa shape index (κ2) is 5.96. The number of hydrogen-bond acceptors (Lipinski definition) is 2. The topological polar surface area (TPSA) is 51.4 Å². The summed E-state index contributed by atoms with van der Waals surface area (Å²) in [7, 11) is 1.83. The van der Waals surface area contributed by atoms with Crippen molar-refractivity contribution in [2.45, 2.75) is 26.8 Å². The molecule has 2 rings (SSSR count). The Balaban J connectivity index is 1.93. The van der Waals surface area contributed by atoms with Gasteiger partial charge < -0.3 is 10.2 Å². The van der Waals surface area contributed by atoms with Crippen LogP contribution in [0.3, 0.4) is 0 Å². The molecule has 0 aliphatic carbocycles. The predicted molar refractivity (Wildman–Crippen MR) is 81.3 cm³/mol. The van der Waals surface area contributed by atoms with Gasteiger partial charge >= 0.3 is 0 Å². The fraction of sp³-hybridized carbons (Fsp3) is 0.500. The number of benzene rings is 1. The first-order chi connectivity index (χ1) is 9.54. The smallest absolute Gasteiger partial charge is 0.193 e. The van der Waals surface area contributed by atoms with Crippen molar-refractivity contribution >= 4 is 5.96 Å². The molecular weight excluding hydrogens is 248 g/mol. The summed E-state index contributed by atoms with van der Waals surface area (Å²) in [5, 5.41) is 12.2. The monoisotopic (exact) mass is 270 g/mol. The molecule has 1 aromatic carbocycles. The van der Waals surface area contributed by atoms with Crippen LogP contribution >= 0.6 is 0 Å². The van der Waals surface area contributed by atoms with Crippen LogP contribution in [-0.4, -0.2) is 31.0 Å². The Morgan fingerprint density at radius 2 is 2.10 bits per heavy atom. The lowest BCUT2D eigenvalue weighted by Crippen LogP contribution is -2.40. The molecular formula is C16H22N4. The first-order valence-electron chi connectivity index (χ1n) is 6.99. The molecule has 0 atom stereocenters. The number of guanidine groups is 1. The zero-order valence-corrected chi connectivity index (χ0v) is 12.5. The van der Waals surface area contributed by atoms with Crippen molar-refractivity contribution in [2.24, 2.45) is 10.4 Å². The maximum absolute atomic E-state index is 8.79.